The maximum atomic E-state index is 12.9. The van der Waals surface area contributed by atoms with E-state index in [0.717, 1.165) is 6.07 Å². The molecule has 0 aliphatic heterocycles. The molecule has 0 atom stereocenters. The zero-order chi connectivity index (χ0) is 12.3. The molecule has 1 amide bonds. The van der Waals surface area contributed by atoms with Crippen LogP contribution in [-0.2, 0) is 6.54 Å². The van der Waals surface area contributed by atoms with E-state index in [1.54, 1.807) is 0 Å². The Bertz CT molecular complexity index is 526. The van der Waals surface area contributed by atoms with Crippen LogP contribution in [0.3, 0.4) is 0 Å². The summed E-state index contributed by atoms with van der Waals surface area (Å²) in [6.45, 7) is 0.132. The number of amides is 1. The highest BCUT2D eigenvalue weighted by atomic mass is 19.1. The van der Waals surface area contributed by atoms with E-state index in [-0.39, 0.29) is 23.7 Å². The van der Waals surface area contributed by atoms with E-state index in [1.165, 1.54) is 12.1 Å². The van der Waals surface area contributed by atoms with Crippen LogP contribution in [0, 0.1) is 5.82 Å². The van der Waals surface area contributed by atoms with E-state index in [9.17, 15) is 9.18 Å². The Labute approximate surface area is 95.2 Å². The molecule has 1 aromatic heterocycles. The number of halogens is 1. The molecule has 88 valence electrons. The molecule has 0 radical (unpaired) electrons. The Balaban J connectivity index is 2.02. The van der Waals surface area contributed by atoms with Gasteiger partial charge in [-0.15, -0.1) is 10.2 Å². The van der Waals surface area contributed by atoms with Gasteiger partial charge in [0.1, 0.15) is 5.82 Å². The number of nitrogens with two attached hydrogens (primary N) is 1. The summed E-state index contributed by atoms with van der Waals surface area (Å²) in [5.74, 6) is -0.588. The van der Waals surface area contributed by atoms with Crippen LogP contribution in [0.1, 0.15) is 16.2 Å². The molecule has 1 aromatic carbocycles. The number of anilines is 1. The summed E-state index contributed by atoms with van der Waals surface area (Å²) in [4.78, 5) is 11.6. The van der Waals surface area contributed by atoms with Crippen molar-refractivity contribution in [2.75, 3.05) is 5.73 Å². The van der Waals surface area contributed by atoms with Crippen molar-refractivity contribution in [2.24, 2.45) is 0 Å². The summed E-state index contributed by atoms with van der Waals surface area (Å²) in [7, 11) is 0. The lowest BCUT2D eigenvalue weighted by Gasteiger charge is -2.03. The molecule has 8 heteroatoms. The van der Waals surface area contributed by atoms with Crippen molar-refractivity contribution in [2.45, 2.75) is 6.54 Å². The zero-order valence-corrected chi connectivity index (χ0v) is 8.64. The van der Waals surface area contributed by atoms with Gasteiger partial charge < -0.3 is 11.1 Å². The fraction of sp³-hybridized carbons (Fsp3) is 0.111. The lowest BCUT2D eigenvalue weighted by Crippen LogP contribution is -2.23. The highest BCUT2D eigenvalue weighted by molar-refractivity contribution is 5.94. The molecule has 1 heterocycles. The molecule has 0 saturated heterocycles. The number of aromatic amines is 1. The minimum absolute atomic E-state index is 0.0720. The number of nitrogens with one attached hydrogen (secondary N) is 2. The average molecular weight is 236 g/mol. The first kappa shape index (κ1) is 11.0. The molecule has 0 fully saturated rings. The SMILES string of the molecule is Nc1cc(C(=O)NCc2nn[nH]n2)ccc1F. The number of hydrogen-bond acceptors (Lipinski definition) is 5. The van der Waals surface area contributed by atoms with Crippen LogP contribution < -0.4 is 11.1 Å². The molecule has 0 unspecified atom stereocenters. The van der Waals surface area contributed by atoms with Crippen molar-refractivity contribution in [3.63, 3.8) is 0 Å². The van der Waals surface area contributed by atoms with Gasteiger partial charge in [-0.25, -0.2) is 4.39 Å². The van der Waals surface area contributed by atoms with Gasteiger partial charge in [-0.05, 0) is 18.2 Å². The van der Waals surface area contributed by atoms with Gasteiger partial charge in [0.15, 0.2) is 5.82 Å². The quantitative estimate of drug-likeness (QED) is 0.642. The molecule has 4 N–H and O–H groups in total. The Hall–Kier alpha value is -2.51. The second kappa shape index (κ2) is 4.56. The molecule has 0 aliphatic carbocycles. The van der Waals surface area contributed by atoms with Crippen LogP contribution in [0.25, 0.3) is 0 Å². The van der Waals surface area contributed by atoms with Crippen LogP contribution in [0.4, 0.5) is 10.1 Å². The minimum Gasteiger partial charge on any atom is -0.396 e. The highest BCUT2D eigenvalue weighted by Gasteiger charge is 2.08. The van der Waals surface area contributed by atoms with Crippen LogP contribution in [0.5, 0.6) is 0 Å². The third-order valence-electron chi connectivity index (χ3n) is 2.05. The summed E-state index contributed by atoms with van der Waals surface area (Å²) < 4.78 is 12.9. The van der Waals surface area contributed by atoms with E-state index < -0.39 is 5.82 Å². The fourth-order valence-electron chi connectivity index (χ4n) is 1.20. The monoisotopic (exact) mass is 236 g/mol. The lowest BCUT2D eigenvalue weighted by atomic mass is 10.2. The number of hydrogen-bond donors (Lipinski definition) is 3. The van der Waals surface area contributed by atoms with E-state index in [4.69, 9.17) is 5.73 Å². The molecule has 0 bridgehead atoms. The maximum absolute atomic E-state index is 12.9. The van der Waals surface area contributed by atoms with Crippen LogP contribution in [-0.4, -0.2) is 26.5 Å². The second-order valence-corrected chi connectivity index (χ2v) is 3.25. The largest absolute Gasteiger partial charge is 0.396 e. The van der Waals surface area contributed by atoms with Gasteiger partial charge in [0, 0.05) is 5.56 Å². The van der Waals surface area contributed by atoms with Crippen molar-refractivity contribution in [3.05, 3.63) is 35.4 Å². The van der Waals surface area contributed by atoms with Gasteiger partial charge in [0.25, 0.3) is 5.91 Å². The number of aromatic nitrogens is 4. The van der Waals surface area contributed by atoms with E-state index in [0.29, 0.717) is 5.82 Å². The van der Waals surface area contributed by atoms with Crippen LogP contribution in [0.15, 0.2) is 18.2 Å². The summed E-state index contributed by atoms with van der Waals surface area (Å²) in [5.41, 5.74) is 5.55. The first-order valence-corrected chi connectivity index (χ1v) is 4.72. The minimum atomic E-state index is -0.556. The normalized spacial score (nSPS) is 10.2. The highest BCUT2D eigenvalue weighted by Crippen LogP contribution is 2.11. The number of rotatable bonds is 3. The van der Waals surface area contributed by atoms with Crippen LogP contribution in [0.2, 0.25) is 0 Å². The first-order chi connectivity index (χ1) is 8.16. The molecule has 0 saturated carbocycles. The number of carbonyl (C=O) groups excluding carboxylic acids is 1. The average Bonchev–Trinajstić information content (AvgIpc) is 2.82. The van der Waals surface area contributed by atoms with E-state index in [2.05, 4.69) is 25.9 Å². The molecule has 2 rings (SSSR count). The van der Waals surface area contributed by atoms with E-state index in [1.807, 2.05) is 0 Å². The predicted molar refractivity (Wildman–Crippen MR) is 56.2 cm³/mol. The van der Waals surface area contributed by atoms with Gasteiger partial charge >= 0.3 is 0 Å². The number of benzene rings is 1. The van der Waals surface area contributed by atoms with Crippen LogP contribution >= 0.6 is 0 Å². The maximum Gasteiger partial charge on any atom is 0.251 e. The molecular formula is C9H9FN6O. The predicted octanol–water partition coefficient (Wildman–Crippen LogP) is -0.149. The number of nitrogens with zero attached hydrogens (tertiary/aromatic N) is 3. The topological polar surface area (TPSA) is 110 Å². The Morgan fingerprint density at radius 3 is 3.00 bits per heavy atom. The molecule has 17 heavy (non-hydrogen) atoms. The third-order valence-corrected chi connectivity index (χ3v) is 2.05. The number of nitrogen functional groups attached to an aromatic ring is 1. The summed E-state index contributed by atoms with van der Waals surface area (Å²) >= 11 is 0. The van der Waals surface area contributed by atoms with Gasteiger partial charge in [0.05, 0.1) is 12.2 Å². The summed E-state index contributed by atoms with van der Waals surface area (Å²) in [6.07, 6.45) is 0. The second-order valence-electron chi connectivity index (χ2n) is 3.25. The Morgan fingerprint density at radius 1 is 1.53 bits per heavy atom. The van der Waals surface area contributed by atoms with E-state index >= 15 is 0 Å². The fourth-order valence-corrected chi connectivity index (χ4v) is 1.20. The summed E-state index contributed by atoms with van der Waals surface area (Å²) in [6, 6.07) is 3.75. The number of carbonyl (C=O) groups is 1. The Morgan fingerprint density at radius 2 is 2.35 bits per heavy atom. The van der Waals surface area contributed by atoms with Crippen molar-refractivity contribution >= 4 is 11.6 Å². The zero-order valence-electron chi connectivity index (χ0n) is 8.64. The lowest BCUT2D eigenvalue weighted by molar-refractivity contribution is 0.0950. The standard InChI is InChI=1S/C9H9FN6O/c10-6-2-1-5(3-7(6)11)9(17)12-4-8-13-15-16-14-8/h1-3H,4,11H2,(H,12,17)(H,13,14,15,16). The number of tetrazole rings is 1. The first-order valence-electron chi connectivity index (χ1n) is 4.72. The summed E-state index contributed by atoms with van der Waals surface area (Å²) in [5, 5.41) is 15.5. The van der Waals surface area contributed by atoms with Crippen molar-refractivity contribution < 1.29 is 9.18 Å². The molecule has 0 aliphatic rings. The smallest absolute Gasteiger partial charge is 0.251 e. The Kier molecular flexibility index (Phi) is 2.95. The van der Waals surface area contributed by atoms with Gasteiger partial charge in [0.2, 0.25) is 0 Å². The molecule has 2 aromatic rings. The van der Waals surface area contributed by atoms with Gasteiger partial charge in [-0.2, -0.15) is 5.21 Å². The van der Waals surface area contributed by atoms with Gasteiger partial charge in [-0.1, -0.05) is 5.21 Å². The number of H-pyrrole nitrogens is 1. The molecule has 7 nitrogen and oxygen atoms in total. The van der Waals surface area contributed by atoms with Crippen molar-refractivity contribution in [1.29, 1.82) is 0 Å². The third kappa shape index (κ3) is 2.54. The van der Waals surface area contributed by atoms with Crippen molar-refractivity contribution in [3.8, 4) is 0 Å². The van der Waals surface area contributed by atoms with Crippen molar-refractivity contribution in [1.82, 2.24) is 25.9 Å². The molecule has 0 spiro atoms. The molecular weight excluding hydrogens is 227 g/mol. The van der Waals surface area contributed by atoms with Gasteiger partial charge in [-0.3, -0.25) is 4.79 Å².